The molecule has 0 unspecified atom stereocenters. The van der Waals surface area contributed by atoms with Crippen LogP contribution >= 0.6 is 11.6 Å². The number of amides is 1. The third kappa shape index (κ3) is 3.78. The van der Waals surface area contributed by atoms with Crippen molar-refractivity contribution in [3.8, 4) is 5.75 Å². The third-order valence-corrected chi connectivity index (χ3v) is 5.04. The largest absolute Gasteiger partial charge is 0.497 e. The van der Waals surface area contributed by atoms with Gasteiger partial charge < -0.3 is 4.74 Å². The van der Waals surface area contributed by atoms with E-state index in [4.69, 9.17) is 16.3 Å². The van der Waals surface area contributed by atoms with Crippen LogP contribution in [0.5, 0.6) is 5.75 Å². The van der Waals surface area contributed by atoms with E-state index in [1.54, 1.807) is 7.11 Å². The fourth-order valence-corrected chi connectivity index (χ4v) is 3.35. The van der Waals surface area contributed by atoms with E-state index in [0.29, 0.717) is 10.7 Å². The van der Waals surface area contributed by atoms with Gasteiger partial charge in [-0.2, -0.15) is 5.10 Å². The molecular weight excluding hydrogens is 362 g/mol. The lowest BCUT2D eigenvalue weighted by Gasteiger charge is -2.05. The Labute approximate surface area is 162 Å². The topological polar surface area (TPSA) is 63.6 Å². The number of aromatic nitrogens is 1. The number of methoxy groups -OCH3 is 1. The molecular formula is C21H18ClN3O2. The van der Waals surface area contributed by atoms with Crippen LogP contribution in [0.1, 0.15) is 23.5 Å². The molecule has 5 nitrogen and oxygen atoms in total. The van der Waals surface area contributed by atoms with Gasteiger partial charge in [-0.15, -0.1) is 0 Å². The second-order valence-corrected chi connectivity index (χ2v) is 6.88. The van der Waals surface area contributed by atoms with Crippen molar-refractivity contribution in [2.24, 2.45) is 11.0 Å². The van der Waals surface area contributed by atoms with Crippen LogP contribution in [-0.2, 0) is 4.79 Å². The summed E-state index contributed by atoms with van der Waals surface area (Å²) >= 11 is 6.24. The lowest BCUT2D eigenvalue weighted by molar-refractivity contribution is -0.122. The van der Waals surface area contributed by atoms with E-state index in [2.05, 4.69) is 27.6 Å². The molecule has 6 heteroatoms. The molecule has 0 radical (unpaired) electrons. The van der Waals surface area contributed by atoms with Crippen LogP contribution < -0.4 is 10.2 Å². The predicted molar refractivity (Wildman–Crippen MR) is 106 cm³/mol. The summed E-state index contributed by atoms with van der Waals surface area (Å²) in [5.41, 5.74) is 5.19. The minimum atomic E-state index is -0.0743. The van der Waals surface area contributed by atoms with E-state index >= 15 is 0 Å². The summed E-state index contributed by atoms with van der Waals surface area (Å²) in [6.45, 7) is 0. The van der Waals surface area contributed by atoms with Gasteiger partial charge in [-0.25, -0.2) is 10.4 Å². The second-order valence-electron chi connectivity index (χ2n) is 6.52. The number of halogens is 1. The summed E-state index contributed by atoms with van der Waals surface area (Å²) < 4.78 is 5.20. The highest BCUT2D eigenvalue weighted by Crippen LogP contribution is 2.47. The van der Waals surface area contributed by atoms with Gasteiger partial charge in [-0.1, -0.05) is 41.9 Å². The Morgan fingerprint density at radius 3 is 2.85 bits per heavy atom. The van der Waals surface area contributed by atoms with Crippen molar-refractivity contribution >= 4 is 34.6 Å². The number of rotatable bonds is 5. The minimum Gasteiger partial charge on any atom is -0.497 e. The Morgan fingerprint density at radius 1 is 1.26 bits per heavy atom. The number of benzene rings is 2. The van der Waals surface area contributed by atoms with Crippen LogP contribution in [0.3, 0.4) is 0 Å². The van der Waals surface area contributed by atoms with Gasteiger partial charge in [-0.3, -0.25) is 4.79 Å². The molecule has 1 fully saturated rings. The molecule has 1 heterocycles. The minimum absolute atomic E-state index is 0.0257. The Morgan fingerprint density at radius 2 is 2.07 bits per heavy atom. The number of carbonyl (C=O) groups is 1. The zero-order valence-electron chi connectivity index (χ0n) is 14.7. The van der Waals surface area contributed by atoms with Crippen LogP contribution in [0.15, 0.2) is 59.7 Å². The molecule has 1 aliphatic carbocycles. The van der Waals surface area contributed by atoms with E-state index in [0.717, 1.165) is 23.1 Å². The molecule has 2 atom stereocenters. The molecule has 1 aliphatic rings. The van der Waals surface area contributed by atoms with Crippen molar-refractivity contribution in [3.05, 3.63) is 70.9 Å². The first-order valence-electron chi connectivity index (χ1n) is 8.68. The number of hydrazone groups is 1. The number of nitrogens with one attached hydrogen (secondary N) is 1. The maximum atomic E-state index is 12.3. The van der Waals surface area contributed by atoms with E-state index in [-0.39, 0.29) is 17.7 Å². The summed E-state index contributed by atoms with van der Waals surface area (Å²) in [7, 11) is 1.61. The van der Waals surface area contributed by atoms with E-state index < -0.39 is 0 Å². The number of carbonyl (C=O) groups excluding carboxylic acids is 1. The van der Waals surface area contributed by atoms with Crippen molar-refractivity contribution in [2.45, 2.75) is 12.3 Å². The van der Waals surface area contributed by atoms with Gasteiger partial charge in [0.05, 0.1) is 18.8 Å². The molecule has 1 aromatic heterocycles. The Hall–Kier alpha value is -2.92. The molecule has 0 spiro atoms. The van der Waals surface area contributed by atoms with Crippen LogP contribution in [-0.4, -0.2) is 24.2 Å². The maximum Gasteiger partial charge on any atom is 0.243 e. The fourth-order valence-electron chi connectivity index (χ4n) is 3.16. The zero-order valence-corrected chi connectivity index (χ0v) is 15.5. The van der Waals surface area contributed by atoms with Crippen LogP contribution in [0.2, 0.25) is 5.15 Å². The first-order valence-corrected chi connectivity index (χ1v) is 9.05. The van der Waals surface area contributed by atoms with Crippen molar-refractivity contribution < 1.29 is 9.53 Å². The van der Waals surface area contributed by atoms with Gasteiger partial charge in [0.2, 0.25) is 5.91 Å². The van der Waals surface area contributed by atoms with Gasteiger partial charge in [0, 0.05) is 22.9 Å². The average Bonchev–Trinajstić information content (AvgIpc) is 3.49. The maximum absolute atomic E-state index is 12.3. The molecule has 2 aromatic carbocycles. The van der Waals surface area contributed by atoms with Crippen LogP contribution in [0.25, 0.3) is 10.9 Å². The van der Waals surface area contributed by atoms with Crippen molar-refractivity contribution in [1.29, 1.82) is 0 Å². The summed E-state index contributed by atoms with van der Waals surface area (Å²) in [4.78, 5) is 16.6. The quantitative estimate of drug-likeness (QED) is 0.411. The summed E-state index contributed by atoms with van der Waals surface area (Å²) in [6.07, 6.45) is 2.38. The molecule has 1 saturated carbocycles. The van der Waals surface area contributed by atoms with E-state index in [1.807, 2.05) is 42.5 Å². The van der Waals surface area contributed by atoms with Crippen LogP contribution in [0, 0.1) is 5.92 Å². The summed E-state index contributed by atoms with van der Waals surface area (Å²) in [6, 6.07) is 17.5. The van der Waals surface area contributed by atoms with Gasteiger partial charge in [0.1, 0.15) is 10.9 Å². The first kappa shape index (κ1) is 17.5. The number of hydrogen-bond donors (Lipinski definition) is 1. The van der Waals surface area contributed by atoms with Crippen LogP contribution in [0.4, 0.5) is 0 Å². The van der Waals surface area contributed by atoms with Gasteiger partial charge >= 0.3 is 0 Å². The molecule has 1 amide bonds. The fraction of sp³-hybridized carbons (Fsp3) is 0.190. The lowest BCUT2D eigenvalue weighted by Crippen LogP contribution is -2.20. The number of nitrogens with zero attached hydrogens (tertiary/aromatic N) is 2. The molecule has 0 aliphatic heterocycles. The molecule has 0 bridgehead atoms. The number of hydrogen-bond acceptors (Lipinski definition) is 4. The Kier molecular flexibility index (Phi) is 4.77. The third-order valence-electron chi connectivity index (χ3n) is 4.74. The Bertz CT molecular complexity index is 1020. The summed E-state index contributed by atoms with van der Waals surface area (Å²) in [5.74, 6) is 0.899. The smallest absolute Gasteiger partial charge is 0.243 e. The lowest BCUT2D eigenvalue weighted by atomic mass is 10.1. The number of ether oxygens (including phenoxy) is 1. The SMILES string of the molecule is COc1ccc2cc(/C=N\NC(=O)[C@H]3C[C@@H]3c3ccccc3)c(Cl)nc2c1. The highest BCUT2D eigenvalue weighted by Gasteiger charge is 2.43. The predicted octanol–water partition coefficient (Wildman–Crippen LogP) is 4.15. The molecule has 1 N–H and O–H groups in total. The molecule has 27 heavy (non-hydrogen) atoms. The molecule has 3 aromatic rings. The number of fused-ring (bicyclic) bond motifs is 1. The van der Waals surface area contributed by atoms with Gasteiger partial charge in [-0.05, 0) is 36.1 Å². The average molecular weight is 380 g/mol. The molecule has 0 saturated heterocycles. The highest BCUT2D eigenvalue weighted by molar-refractivity contribution is 6.32. The van der Waals surface area contributed by atoms with Crippen molar-refractivity contribution in [3.63, 3.8) is 0 Å². The van der Waals surface area contributed by atoms with Crippen molar-refractivity contribution in [2.75, 3.05) is 7.11 Å². The first-order chi connectivity index (χ1) is 13.2. The monoisotopic (exact) mass is 379 g/mol. The summed E-state index contributed by atoms with van der Waals surface area (Å²) in [5, 5.41) is 5.30. The van der Waals surface area contributed by atoms with E-state index in [9.17, 15) is 4.79 Å². The standard InChI is InChI=1S/C21H18ClN3O2/c1-27-16-8-7-14-9-15(20(22)24-19(14)10-16)12-23-25-21(26)18-11-17(18)13-5-3-2-4-6-13/h2-10,12,17-18H,11H2,1H3,(H,25,26)/b23-12-/t17-,18+/m1/s1. The molecule has 4 rings (SSSR count). The van der Waals surface area contributed by atoms with Crippen molar-refractivity contribution in [1.82, 2.24) is 10.4 Å². The van der Waals surface area contributed by atoms with Gasteiger partial charge in [0.25, 0.3) is 0 Å². The van der Waals surface area contributed by atoms with E-state index in [1.165, 1.54) is 11.8 Å². The normalized spacial score (nSPS) is 18.6. The zero-order chi connectivity index (χ0) is 18.8. The van der Waals surface area contributed by atoms with Gasteiger partial charge in [0.15, 0.2) is 0 Å². The Balaban J connectivity index is 1.42. The second kappa shape index (κ2) is 7.37. The number of pyridine rings is 1. The highest BCUT2D eigenvalue weighted by atomic mass is 35.5. The molecule has 136 valence electrons.